The monoisotopic (exact) mass is 318 g/mol. The van der Waals surface area contributed by atoms with Crippen LogP contribution in [0.4, 0.5) is 0 Å². The first-order valence-corrected chi connectivity index (χ1v) is 5.66. The molecule has 2 aromatic rings. The molecule has 0 aliphatic rings. The van der Waals surface area contributed by atoms with Crippen LogP contribution in [0.3, 0.4) is 0 Å². The zero-order valence-electron chi connectivity index (χ0n) is 10.6. The standard InChI is InChI=1S/C12H14N4O2.2ClH/c13-4-1-5-15-12(17)10-8-11(18-16-10)9-2-6-14-7-3-9;;/h2-3,6-8H,1,4-5,13H2,(H,15,17);2*1H. The van der Waals surface area contributed by atoms with E-state index in [4.69, 9.17) is 10.3 Å². The number of carbonyl (C=O) groups is 1. The fraction of sp³-hybridized carbons (Fsp3) is 0.250. The van der Waals surface area contributed by atoms with Crippen molar-refractivity contribution >= 4 is 30.7 Å². The highest BCUT2D eigenvalue weighted by Crippen LogP contribution is 2.18. The van der Waals surface area contributed by atoms with E-state index in [0.29, 0.717) is 18.8 Å². The number of nitrogens with zero attached hydrogens (tertiary/aromatic N) is 2. The number of halogens is 2. The van der Waals surface area contributed by atoms with E-state index in [1.807, 2.05) is 0 Å². The molecule has 0 saturated carbocycles. The number of pyridine rings is 1. The predicted octanol–water partition coefficient (Wildman–Crippen LogP) is 1.66. The highest BCUT2D eigenvalue weighted by atomic mass is 35.5. The fourth-order valence-corrected chi connectivity index (χ4v) is 1.43. The van der Waals surface area contributed by atoms with E-state index < -0.39 is 0 Å². The number of hydrogen-bond donors (Lipinski definition) is 2. The number of hydrogen-bond acceptors (Lipinski definition) is 5. The van der Waals surface area contributed by atoms with Crippen LogP contribution in [0.1, 0.15) is 16.9 Å². The second-order valence-electron chi connectivity index (χ2n) is 3.71. The van der Waals surface area contributed by atoms with E-state index in [-0.39, 0.29) is 36.4 Å². The van der Waals surface area contributed by atoms with Crippen molar-refractivity contribution in [3.63, 3.8) is 0 Å². The molecule has 2 heterocycles. The molecule has 2 rings (SSSR count). The van der Waals surface area contributed by atoms with Crippen LogP contribution >= 0.6 is 24.8 Å². The molecule has 0 aliphatic carbocycles. The van der Waals surface area contributed by atoms with Crippen molar-refractivity contribution in [3.05, 3.63) is 36.3 Å². The summed E-state index contributed by atoms with van der Waals surface area (Å²) < 4.78 is 5.11. The van der Waals surface area contributed by atoms with Crippen molar-refractivity contribution in [1.29, 1.82) is 0 Å². The van der Waals surface area contributed by atoms with Gasteiger partial charge in [-0.15, -0.1) is 24.8 Å². The molecule has 0 aliphatic heterocycles. The smallest absolute Gasteiger partial charge is 0.273 e. The van der Waals surface area contributed by atoms with Gasteiger partial charge in [-0.25, -0.2) is 0 Å². The van der Waals surface area contributed by atoms with Gasteiger partial charge in [0.05, 0.1) is 0 Å². The van der Waals surface area contributed by atoms with Gasteiger partial charge in [0, 0.05) is 30.6 Å². The average Bonchev–Trinajstić information content (AvgIpc) is 2.89. The molecule has 8 heteroatoms. The quantitative estimate of drug-likeness (QED) is 0.818. The molecular formula is C12H16Cl2N4O2. The van der Waals surface area contributed by atoms with Crippen molar-refractivity contribution in [2.45, 2.75) is 6.42 Å². The minimum absolute atomic E-state index is 0. The fourth-order valence-electron chi connectivity index (χ4n) is 1.43. The first-order valence-electron chi connectivity index (χ1n) is 5.66. The van der Waals surface area contributed by atoms with Crippen LogP contribution in [0, 0.1) is 0 Å². The van der Waals surface area contributed by atoms with Gasteiger partial charge in [-0.2, -0.15) is 0 Å². The topological polar surface area (TPSA) is 94.0 Å². The largest absolute Gasteiger partial charge is 0.355 e. The number of amides is 1. The molecule has 0 spiro atoms. The molecule has 1 amide bonds. The molecule has 20 heavy (non-hydrogen) atoms. The van der Waals surface area contributed by atoms with Crippen LogP contribution in [0.5, 0.6) is 0 Å². The predicted molar refractivity (Wildman–Crippen MR) is 80.2 cm³/mol. The Morgan fingerprint density at radius 2 is 2.00 bits per heavy atom. The molecular weight excluding hydrogens is 303 g/mol. The molecule has 0 bridgehead atoms. The minimum Gasteiger partial charge on any atom is -0.355 e. The Labute approximate surface area is 128 Å². The van der Waals surface area contributed by atoms with Gasteiger partial charge < -0.3 is 15.6 Å². The van der Waals surface area contributed by atoms with E-state index in [1.54, 1.807) is 30.6 Å². The third-order valence-electron chi connectivity index (χ3n) is 2.37. The summed E-state index contributed by atoms with van der Waals surface area (Å²) in [5, 5.41) is 6.44. The SMILES string of the molecule is Cl.Cl.NCCCNC(=O)c1cc(-c2ccncc2)on1. The van der Waals surface area contributed by atoms with Crippen molar-refractivity contribution in [2.75, 3.05) is 13.1 Å². The number of aromatic nitrogens is 2. The zero-order valence-corrected chi connectivity index (χ0v) is 12.2. The lowest BCUT2D eigenvalue weighted by atomic mass is 10.2. The van der Waals surface area contributed by atoms with Crippen molar-refractivity contribution in [2.24, 2.45) is 5.73 Å². The van der Waals surface area contributed by atoms with Crippen LogP contribution in [-0.4, -0.2) is 29.1 Å². The summed E-state index contributed by atoms with van der Waals surface area (Å²) >= 11 is 0. The molecule has 0 radical (unpaired) electrons. The summed E-state index contributed by atoms with van der Waals surface area (Å²) in [6.07, 6.45) is 4.04. The maximum Gasteiger partial charge on any atom is 0.273 e. The van der Waals surface area contributed by atoms with Gasteiger partial charge in [0.1, 0.15) is 0 Å². The lowest BCUT2D eigenvalue weighted by Gasteiger charge is -1.99. The normalized spacial score (nSPS) is 9.25. The lowest BCUT2D eigenvalue weighted by molar-refractivity contribution is 0.0944. The summed E-state index contributed by atoms with van der Waals surface area (Å²) in [5.74, 6) is 0.286. The van der Waals surface area contributed by atoms with E-state index in [9.17, 15) is 4.79 Å². The number of nitrogens with two attached hydrogens (primary N) is 1. The van der Waals surface area contributed by atoms with Crippen LogP contribution in [-0.2, 0) is 0 Å². The van der Waals surface area contributed by atoms with Gasteiger partial charge in [-0.1, -0.05) is 5.16 Å². The highest BCUT2D eigenvalue weighted by Gasteiger charge is 2.12. The molecule has 0 atom stereocenters. The molecule has 6 nitrogen and oxygen atoms in total. The number of carbonyl (C=O) groups excluding carboxylic acids is 1. The summed E-state index contributed by atoms with van der Waals surface area (Å²) in [4.78, 5) is 15.6. The molecule has 0 saturated heterocycles. The third-order valence-corrected chi connectivity index (χ3v) is 2.37. The zero-order chi connectivity index (χ0) is 12.8. The number of nitrogens with one attached hydrogen (secondary N) is 1. The molecule has 0 aromatic carbocycles. The first-order chi connectivity index (χ1) is 8.81. The highest BCUT2D eigenvalue weighted by molar-refractivity contribution is 5.93. The summed E-state index contributed by atoms with van der Waals surface area (Å²) in [5.41, 5.74) is 6.44. The Bertz CT molecular complexity index is 519. The molecule has 2 aromatic heterocycles. The molecule has 3 N–H and O–H groups in total. The van der Waals surface area contributed by atoms with E-state index in [2.05, 4.69) is 15.5 Å². The number of rotatable bonds is 5. The lowest BCUT2D eigenvalue weighted by Crippen LogP contribution is -2.26. The Morgan fingerprint density at radius 1 is 1.30 bits per heavy atom. The van der Waals surface area contributed by atoms with Gasteiger partial charge in [0.15, 0.2) is 11.5 Å². The van der Waals surface area contributed by atoms with E-state index in [1.165, 1.54) is 0 Å². The third kappa shape index (κ3) is 4.80. The maximum atomic E-state index is 11.7. The van der Waals surface area contributed by atoms with Gasteiger partial charge in [-0.3, -0.25) is 9.78 Å². The van der Waals surface area contributed by atoms with Crippen molar-refractivity contribution < 1.29 is 9.32 Å². The van der Waals surface area contributed by atoms with Crippen LogP contribution in [0.15, 0.2) is 35.1 Å². The van der Waals surface area contributed by atoms with Crippen LogP contribution in [0.25, 0.3) is 11.3 Å². The van der Waals surface area contributed by atoms with Crippen LogP contribution < -0.4 is 11.1 Å². The Morgan fingerprint density at radius 3 is 2.65 bits per heavy atom. The van der Waals surface area contributed by atoms with E-state index in [0.717, 1.165) is 12.0 Å². The van der Waals surface area contributed by atoms with Crippen LogP contribution in [0.2, 0.25) is 0 Å². The molecule has 0 fully saturated rings. The van der Waals surface area contributed by atoms with Gasteiger partial charge >= 0.3 is 0 Å². The molecule has 110 valence electrons. The Kier molecular flexibility index (Phi) is 8.54. The van der Waals surface area contributed by atoms with Gasteiger partial charge in [0.2, 0.25) is 0 Å². The molecule has 0 unspecified atom stereocenters. The van der Waals surface area contributed by atoms with Gasteiger partial charge in [-0.05, 0) is 25.1 Å². The second kappa shape index (κ2) is 9.30. The maximum absolute atomic E-state index is 11.7. The van der Waals surface area contributed by atoms with Crippen molar-refractivity contribution in [3.8, 4) is 11.3 Å². The summed E-state index contributed by atoms with van der Waals surface area (Å²) in [6.45, 7) is 1.08. The first kappa shape index (κ1) is 18.4. The van der Waals surface area contributed by atoms with E-state index >= 15 is 0 Å². The summed E-state index contributed by atoms with van der Waals surface area (Å²) in [7, 11) is 0. The summed E-state index contributed by atoms with van der Waals surface area (Å²) in [6, 6.07) is 5.18. The average molecular weight is 319 g/mol. The van der Waals surface area contributed by atoms with Gasteiger partial charge in [0.25, 0.3) is 5.91 Å². The van der Waals surface area contributed by atoms with Crippen molar-refractivity contribution in [1.82, 2.24) is 15.5 Å². The Hall–Kier alpha value is -1.63. The Balaban J connectivity index is 0.00000180. The second-order valence-corrected chi connectivity index (χ2v) is 3.71. The minimum atomic E-state index is -0.257.